The average molecular weight is 401 g/mol. The molecular formula is C20H18Cl2N4O. The first-order valence-corrected chi connectivity index (χ1v) is 9.25. The number of piperazine rings is 1. The highest BCUT2D eigenvalue weighted by atomic mass is 35.5. The summed E-state index contributed by atoms with van der Waals surface area (Å²) in [7, 11) is 0. The summed E-state index contributed by atoms with van der Waals surface area (Å²) >= 11 is 12.0. The van der Waals surface area contributed by atoms with Crippen LogP contribution < -0.4 is 10.2 Å². The zero-order valence-electron chi connectivity index (χ0n) is 14.5. The summed E-state index contributed by atoms with van der Waals surface area (Å²) in [5.74, 6) is -0.507. The van der Waals surface area contributed by atoms with Crippen molar-refractivity contribution >= 4 is 40.5 Å². The molecule has 0 bridgehead atoms. The van der Waals surface area contributed by atoms with E-state index >= 15 is 0 Å². The Labute approximate surface area is 168 Å². The van der Waals surface area contributed by atoms with Gasteiger partial charge in [-0.3, -0.25) is 4.79 Å². The van der Waals surface area contributed by atoms with Gasteiger partial charge in [-0.2, -0.15) is 5.26 Å². The summed E-state index contributed by atoms with van der Waals surface area (Å²) < 4.78 is 0. The van der Waals surface area contributed by atoms with Gasteiger partial charge in [0.05, 0.1) is 15.7 Å². The van der Waals surface area contributed by atoms with Crippen LogP contribution in [0.15, 0.2) is 60.3 Å². The molecule has 1 fully saturated rings. The van der Waals surface area contributed by atoms with Crippen LogP contribution in [0.1, 0.15) is 0 Å². The number of rotatable bonds is 4. The second-order valence-electron chi connectivity index (χ2n) is 6.07. The summed E-state index contributed by atoms with van der Waals surface area (Å²) in [4.78, 5) is 16.7. The minimum Gasteiger partial charge on any atom is -0.373 e. The molecule has 1 aliphatic rings. The summed E-state index contributed by atoms with van der Waals surface area (Å²) in [5.41, 5.74) is 1.58. The van der Waals surface area contributed by atoms with E-state index < -0.39 is 5.91 Å². The largest absolute Gasteiger partial charge is 0.373 e. The van der Waals surface area contributed by atoms with Crippen molar-refractivity contribution in [2.45, 2.75) is 0 Å². The number of carbonyl (C=O) groups excluding carboxylic acids is 1. The van der Waals surface area contributed by atoms with Crippen LogP contribution in [0.2, 0.25) is 10.0 Å². The predicted molar refractivity (Wildman–Crippen MR) is 109 cm³/mol. The summed E-state index contributed by atoms with van der Waals surface area (Å²) in [6, 6.07) is 17.1. The molecule has 1 amide bonds. The van der Waals surface area contributed by atoms with E-state index in [4.69, 9.17) is 23.2 Å². The van der Waals surface area contributed by atoms with Crippen molar-refractivity contribution in [1.29, 1.82) is 5.26 Å². The van der Waals surface area contributed by atoms with Crippen LogP contribution >= 0.6 is 23.2 Å². The number of hydrogen-bond acceptors (Lipinski definition) is 4. The molecule has 3 rings (SSSR count). The smallest absolute Gasteiger partial charge is 0.267 e. The van der Waals surface area contributed by atoms with E-state index in [0.29, 0.717) is 10.7 Å². The van der Waals surface area contributed by atoms with Crippen LogP contribution in [0.25, 0.3) is 0 Å². The number of halogens is 2. The van der Waals surface area contributed by atoms with Gasteiger partial charge in [-0.25, -0.2) is 0 Å². The monoisotopic (exact) mass is 400 g/mol. The van der Waals surface area contributed by atoms with E-state index in [9.17, 15) is 10.1 Å². The van der Waals surface area contributed by atoms with Gasteiger partial charge in [0.2, 0.25) is 0 Å². The first-order valence-electron chi connectivity index (χ1n) is 8.50. The van der Waals surface area contributed by atoms with Crippen molar-refractivity contribution in [2.75, 3.05) is 36.4 Å². The Morgan fingerprint density at radius 2 is 1.74 bits per heavy atom. The zero-order chi connectivity index (χ0) is 19.2. The van der Waals surface area contributed by atoms with Crippen LogP contribution in [0.3, 0.4) is 0 Å². The van der Waals surface area contributed by atoms with Crippen LogP contribution in [-0.4, -0.2) is 37.0 Å². The minimum atomic E-state index is -0.507. The third kappa shape index (κ3) is 4.73. The van der Waals surface area contributed by atoms with Crippen molar-refractivity contribution in [2.24, 2.45) is 0 Å². The fourth-order valence-electron chi connectivity index (χ4n) is 2.86. The third-order valence-corrected chi connectivity index (χ3v) is 5.13. The molecule has 138 valence electrons. The highest BCUT2D eigenvalue weighted by Gasteiger charge is 2.18. The van der Waals surface area contributed by atoms with Gasteiger partial charge < -0.3 is 15.1 Å². The Hall–Kier alpha value is -2.68. The average Bonchev–Trinajstić information content (AvgIpc) is 2.70. The molecule has 1 saturated heterocycles. The van der Waals surface area contributed by atoms with Crippen LogP contribution in [0.5, 0.6) is 0 Å². The molecule has 0 saturated carbocycles. The molecule has 0 aliphatic carbocycles. The molecular weight excluding hydrogens is 383 g/mol. The maximum absolute atomic E-state index is 12.4. The van der Waals surface area contributed by atoms with E-state index in [-0.39, 0.29) is 10.6 Å². The zero-order valence-corrected chi connectivity index (χ0v) is 16.0. The summed E-state index contributed by atoms with van der Waals surface area (Å²) in [6.45, 7) is 3.10. The van der Waals surface area contributed by atoms with E-state index in [1.165, 1.54) is 5.69 Å². The van der Waals surface area contributed by atoms with Gasteiger partial charge in [-0.05, 0) is 24.3 Å². The molecule has 1 heterocycles. The second-order valence-corrected chi connectivity index (χ2v) is 6.85. The molecule has 0 radical (unpaired) electrons. The fourth-order valence-corrected chi connectivity index (χ4v) is 3.21. The molecule has 1 N–H and O–H groups in total. The van der Waals surface area contributed by atoms with E-state index in [2.05, 4.69) is 22.3 Å². The Bertz CT molecular complexity index is 885. The normalized spacial score (nSPS) is 14.6. The van der Waals surface area contributed by atoms with Crippen LogP contribution in [0, 0.1) is 11.3 Å². The molecule has 2 aromatic carbocycles. The number of anilines is 2. The maximum atomic E-state index is 12.4. The number of para-hydroxylation sites is 1. The molecule has 1 aliphatic heterocycles. The van der Waals surface area contributed by atoms with Crippen molar-refractivity contribution in [3.8, 4) is 6.07 Å². The van der Waals surface area contributed by atoms with Gasteiger partial charge in [-0.15, -0.1) is 0 Å². The number of hydrogen-bond donors (Lipinski definition) is 1. The fraction of sp³-hybridized carbons (Fsp3) is 0.200. The van der Waals surface area contributed by atoms with Crippen LogP contribution in [-0.2, 0) is 4.79 Å². The first kappa shape index (κ1) is 19.1. The second kappa shape index (κ2) is 8.81. The maximum Gasteiger partial charge on any atom is 0.267 e. The Kier molecular flexibility index (Phi) is 6.23. The molecule has 0 atom stereocenters. The molecule has 0 unspecified atom stereocenters. The van der Waals surface area contributed by atoms with Crippen molar-refractivity contribution in [1.82, 2.24) is 4.90 Å². The topological polar surface area (TPSA) is 59.4 Å². The lowest BCUT2D eigenvalue weighted by molar-refractivity contribution is -0.112. The number of nitriles is 1. The molecule has 5 nitrogen and oxygen atoms in total. The lowest BCUT2D eigenvalue weighted by atomic mass is 10.2. The molecule has 7 heteroatoms. The summed E-state index contributed by atoms with van der Waals surface area (Å²) in [6.07, 6.45) is 1.61. The molecule has 2 aromatic rings. The minimum absolute atomic E-state index is 0.0270. The Morgan fingerprint density at radius 1 is 1.04 bits per heavy atom. The van der Waals surface area contributed by atoms with Gasteiger partial charge in [0.1, 0.15) is 11.6 Å². The Balaban J connectivity index is 1.64. The van der Waals surface area contributed by atoms with Gasteiger partial charge in [-0.1, -0.05) is 47.5 Å². The SMILES string of the molecule is N#C/C(=C/N1CCN(c2ccccc2)CC1)C(=O)Nc1cccc(Cl)c1Cl. The predicted octanol–water partition coefficient (Wildman–Crippen LogP) is 4.16. The van der Waals surface area contributed by atoms with E-state index in [1.807, 2.05) is 29.2 Å². The Morgan fingerprint density at radius 3 is 2.41 bits per heavy atom. The van der Waals surface area contributed by atoms with E-state index in [0.717, 1.165) is 26.2 Å². The molecule has 27 heavy (non-hydrogen) atoms. The van der Waals surface area contributed by atoms with Gasteiger partial charge in [0.15, 0.2) is 0 Å². The van der Waals surface area contributed by atoms with Gasteiger partial charge >= 0.3 is 0 Å². The highest BCUT2D eigenvalue weighted by molar-refractivity contribution is 6.44. The van der Waals surface area contributed by atoms with Crippen molar-refractivity contribution in [3.05, 3.63) is 70.3 Å². The number of carbonyl (C=O) groups is 1. The molecule has 0 spiro atoms. The van der Waals surface area contributed by atoms with Gasteiger partial charge in [0, 0.05) is 38.1 Å². The van der Waals surface area contributed by atoms with Crippen molar-refractivity contribution in [3.63, 3.8) is 0 Å². The number of nitrogens with one attached hydrogen (secondary N) is 1. The van der Waals surface area contributed by atoms with Crippen molar-refractivity contribution < 1.29 is 4.79 Å². The highest BCUT2D eigenvalue weighted by Crippen LogP contribution is 2.29. The number of amides is 1. The lowest BCUT2D eigenvalue weighted by Gasteiger charge is -2.35. The van der Waals surface area contributed by atoms with Gasteiger partial charge in [0.25, 0.3) is 5.91 Å². The third-order valence-electron chi connectivity index (χ3n) is 4.31. The first-order chi connectivity index (χ1) is 13.1. The summed E-state index contributed by atoms with van der Waals surface area (Å²) in [5, 5.41) is 12.6. The quantitative estimate of drug-likeness (QED) is 0.618. The molecule has 0 aromatic heterocycles. The number of nitrogens with zero attached hydrogens (tertiary/aromatic N) is 3. The van der Waals surface area contributed by atoms with Crippen LogP contribution in [0.4, 0.5) is 11.4 Å². The lowest BCUT2D eigenvalue weighted by Crippen LogP contribution is -2.44. The van der Waals surface area contributed by atoms with E-state index in [1.54, 1.807) is 24.4 Å². The number of benzene rings is 2. The standard InChI is InChI=1S/C20H18Cl2N4O/c21-17-7-4-8-18(19(17)22)24-20(27)15(13-23)14-25-9-11-26(12-10-25)16-5-2-1-3-6-16/h1-8,14H,9-12H2,(H,24,27)/b15-14-.